The van der Waals surface area contributed by atoms with Gasteiger partial charge in [0, 0.05) is 18.0 Å². The molecule has 0 aliphatic heterocycles. The second-order valence-corrected chi connectivity index (χ2v) is 6.46. The minimum Gasteiger partial charge on any atom is -0.302 e. The number of pyridine rings is 1. The van der Waals surface area contributed by atoms with E-state index in [1.807, 2.05) is 54.7 Å². The lowest BCUT2D eigenvalue weighted by atomic mass is 10.0. The van der Waals surface area contributed by atoms with E-state index in [1.54, 1.807) is 17.4 Å². The number of nitriles is 1. The molecule has 1 amide bonds. The summed E-state index contributed by atoms with van der Waals surface area (Å²) in [7, 11) is 2.06. The van der Waals surface area contributed by atoms with Gasteiger partial charge in [0.15, 0.2) is 16.5 Å². The number of rotatable bonds is 3. The standard InChI is InChI=1S/C20H15N5O2S/c1-25(12-21)24-20(28-13-26)23-19(27)16-11-18(14-7-3-2-4-8-14)22-17-10-6-5-9-15(16)17/h2-11,24H,1H3,(H,23,27). The molecule has 3 aromatic rings. The molecule has 3 rings (SSSR count). The maximum absolute atomic E-state index is 13.0. The number of aromatic nitrogens is 1. The predicted molar refractivity (Wildman–Crippen MR) is 109 cm³/mol. The van der Waals surface area contributed by atoms with Crippen molar-refractivity contribution in [3.05, 3.63) is 66.2 Å². The number of carbonyl (C=O) groups is 1. The zero-order chi connectivity index (χ0) is 19.9. The Morgan fingerprint density at radius 1 is 1.14 bits per heavy atom. The molecule has 0 radical (unpaired) electrons. The Labute approximate surface area is 164 Å². The smallest absolute Gasteiger partial charge is 0.257 e. The number of fused-ring (bicyclic) bond motifs is 1. The van der Waals surface area contributed by atoms with Crippen LogP contribution >= 0.6 is 10.9 Å². The van der Waals surface area contributed by atoms with E-state index < -0.39 is 5.91 Å². The van der Waals surface area contributed by atoms with Crippen LogP contribution in [-0.4, -0.2) is 33.3 Å². The highest BCUT2D eigenvalue weighted by atomic mass is 32.1. The molecule has 0 unspecified atom stereocenters. The van der Waals surface area contributed by atoms with Crippen molar-refractivity contribution >= 4 is 38.1 Å². The fourth-order valence-electron chi connectivity index (χ4n) is 2.59. The molecule has 0 aliphatic rings. The molecule has 0 atom stereocenters. The van der Waals surface area contributed by atoms with E-state index in [1.165, 1.54) is 7.05 Å². The molecule has 2 N–H and O–H groups in total. The average Bonchev–Trinajstić information content (AvgIpc) is 2.73. The number of carbonyl (C=O) groups excluding carboxylic acids is 2. The van der Waals surface area contributed by atoms with Gasteiger partial charge in [0.25, 0.3) is 5.91 Å². The van der Waals surface area contributed by atoms with Crippen LogP contribution in [0.25, 0.3) is 22.2 Å². The van der Waals surface area contributed by atoms with E-state index in [2.05, 4.69) is 15.7 Å². The van der Waals surface area contributed by atoms with Crippen LogP contribution in [0.5, 0.6) is 0 Å². The SMILES string of the molecule is CN(C#N)NC(NC(=O)c1cc(-c2ccccc2)nc2ccccc12)=S=C=O. The topological polar surface area (TPSA) is 98.1 Å². The lowest BCUT2D eigenvalue weighted by Crippen LogP contribution is -2.45. The molecule has 0 saturated carbocycles. The maximum atomic E-state index is 13.0. The van der Waals surface area contributed by atoms with Gasteiger partial charge in [0.2, 0.25) is 0 Å². The molecule has 0 fully saturated rings. The fourth-order valence-corrected chi connectivity index (χ4v) is 3.00. The van der Waals surface area contributed by atoms with Gasteiger partial charge in [-0.15, -0.1) is 0 Å². The van der Waals surface area contributed by atoms with Crippen molar-refractivity contribution in [2.45, 2.75) is 0 Å². The van der Waals surface area contributed by atoms with Crippen molar-refractivity contribution < 1.29 is 9.59 Å². The van der Waals surface area contributed by atoms with Crippen LogP contribution in [0, 0.1) is 11.5 Å². The van der Waals surface area contributed by atoms with Gasteiger partial charge in [-0.3, -0.25) is 4.79 Å². The first-order valence-corrected chi connectivity index (χ1v) is 9.01. The van der Waals surface area contributed by atoms with Crippen LogP contribution < -0.4 is 10.7 Å². The van der Waals surface area contributed by atoms with E-state index >= 15 is 0 Å². The van der Waals surface area contributed by atoms with Crippen LogP contribution in [0.1, 0.15) is 10.4 Å². The highest BCUT2D eigenvalue weighted by Gasteiger charge is 2.15. The highest BCUT2D eigenvalue weighted by molar-refractivity contribution is 7.96. The van der Waals surface area contributed by atoms with Gasteiger partial charge in [-0.25, -0.2) is 14.8 Å². The van der Waals surface area contributed by atoms with Gasteiger partial charge in [0.1, 0.15) is 0 Å². The van der Waals surface area contributed by atoms with Gasteiger partial charge in [-0.05, 0) is 23.1 Å². The minimum absolute atomic E-state index is 0.0752. The summed E-state index contributed by atoms with van der Waals surface area (Å²) in [6.07, 6.45) is 1.82. The normalized spacial score (nSPS) is 9.86. The monoisotopic (exact) mass is 389 g/mol. The van der Waals surface area contributed by atoms with Gasteiger partial charge in [0.05, 0.1) is 16.8 Å². The molecule has 0 saturated heterocycles. The van der Waals surface area contributed by atoms with E-state index in [0.29, 0.717) is 33.1 Å². The third kappa shape index (κ3) is 4.31. The number of nitrogens with zero attached hydrogens (tertiary/aromatic N) is 3. The van der Waals surface area contributed by atoms with Crippen LogP contribution in [0.3, 0.4) is 0 Å². The zero-order valence-corrected chi connectivity index (χ0v) is 15.7. The summed E-state index contributed by atoms with van der Waals surface area (Å²) in [5.74, 6) is -0.438. The van der Waals surface area contributed by atoms with Gasteiger partial charge in [-0.1, -0.05) is 48.5 Å². The van der Waals surface area contributed by atoms with Crippen LogP contribution in [0.15, 0.2) is 60.7 Å². The predicted octanol–water partition coefficient (Wildman–Crippen LogP) is 2.44. The molecule has 1 heterocycles. The maximum Gasteiger partial charge on any atom is 0.257 e. The van der Waals surface area contributed by atoms with Crippen molar-refractivity contribution in [1.29, 1.82) is 5.26 Å². The first-order valence-electron chi connectivity index (χ1n) is 8.20. The number of benzene rings is 2. The molecule has 7 nitrogen and oxygen atoms in total. The average molecular weight is 389 g/mol. The van der Waals surface area contributed by atoms with Crippen molar-refractivity contribution in [2.24, 2.45) is 0 Å². The second-order valence-electron chi connectivity index (χ2n) is 5.68. The highest BCUT2D eigenvalue weighted by Crippen LogP contribution is 2.24. The number of amides is 1. The Balaban J connectivity index is 2.06. The number of para-hydroxylation sites is 1. The van der Waals surface area contributed by atoms with Crippen LogP contribution in [0.4, 0.5) is 0 Å². The molecule has 28 heavy (non-hydrogen) atoms. The lowest BCUT2D eigenvalue weighted by Gasteiger charge is -2.14. The summed E-state index contributed by atoms with van der Waals surface area (Å²) < 4.78 is 0. The third-order valence-corrected chi connectivity index (χ3v) is 4.30. The zero-order valence-electron chi connectivity index (χ0n) is 14.8. The van der Waals surface area contributed by atoms with Crippen LogP contribution in [0.2, 0.25) is 0 Å². The summed E-state index contributed by atoms with van der Waals surface area (Å²) in [5, 5.41) is 14.9. The number of nitrogens with one attached hydrogen (secondary N) is 2. The summed E-state index contributed by atoms with van der Waals surface area (Å²) in [6.45, 7) is 0. The second kappa shape index (κ2) is 8.75. The Morgan fingerprint density at radius 2 is 1.86 bits per heavy atom. The van der Waals surface area contributed by atoms with Crippen molar-refractivity contribution in [3.8, 4) is 17.5 Å². The summed E-state index contributed by atoms with van der Waals surface area (Å²) in [6, 6.07) is 18.5. The first-order chi connectivity index (χ1) is 13.6. The van der Waals surface area contributed by atoms with E-state index in [9.17, 15) is 9.59 Å². The van der Waals surface area contributed by atoms with Gasteiger partial charge < -0.3 is 5.32 Å². The molecule has 0 aliphatic carbocycles. The van der Waals surface area contributed by atoms with Gasteiger partial charge >= 0.3 is 0 Å². The minimum atomic E-state index is -0.438. The Bertz CT molecular complexity index is 1160. The Kier molecular flexibility index (Phi) is 5.94. The van der Waals surface area contributed by atoms with E-state index in [-0.39, 0.29) is 5.11 Å². The van der Waals surface area contributed by atoms with Crippen molar-refractivity contribution in [1.82, 2.24) is 20.7 Å². The summed E-state index contributed by atoms with van der Waals surface area (Å²) in [5.41, 5.74) is 5.21. The van der Waals surface area contributed by atoms with E-state index in [0.717, 1.165) is 10.6 Å². The largest absolute Gasteiger partial charge is 0.302 e. The molecule has 2 aromatic carbocycles. The molecule has 0 bridgehead atoms. The molecule has 8 heteroatoms. The third-order valence-electron chi connectivity index (χ3n) is 3.82. The summed E-state index contributed by atoms with van der Waals surface area (Å²) >= 11 is 0. The van der Waals surface area contributed by atoms with Crippen molar-refractivity contribution in [3.63, 3.8) is 0 Å². The number of hydrogen-bond donors (Lipinski definition) is 2. The Hall–Kier alpha value is -3.76. The van der Waals surface area contributed by atoms with Crippen molar-refractivity contribution in [2.75, 3.05) is 7.05 Å². The number of hydrazine groups is 1. The quantitative estimate of drug-likeness (QED) is 0.309. The molecular formula is C20H15N5O2S. The summed E-state index contributed by atoms with van der Waals surface area (Å²) in [4.78, 5) is 28.4. The van der Waals surface area contributed by atoms with Crippen LogP contribution in [-0.2, 0) is 4.79 Å². The Morgan fingerprint density at radius 3 is 2.57 bits per heavy atom. The first kappa shape index (κ1) is 19.0. The number of hydrogen-bond acceptors (Lipinski definition) is 5. The molecule has 1 aromatic heterocycles. The lowest BCUT2D eigenvalue weighted by molar-refractivity contribution is 0.0977. The van der Waals surface area contributed by atoms with E-state index in [4.69, 9.17) is 5.26 Å². The van der Waals surface area contributed by atoms with Gasteiger partial charge in [-0.2, -0.15) is 10.7 Å². The molecular weight excluding hydrogens is 374 g/mol. The molecule has 138 valence electrons. The fraction of sp³-hybridized carbons (Fsp3) is 0.0500. The molecule has 0 spiro atoms.